The molecule has 0 saturated carbocycles. The van der Waals surface area contributed by atoms with Crippen LogP contribution in [-0.2, 0) is 9.53 Å². The van der Waals surface area contributed by atoms with E-state index in [4.69, 9.17) is 10.5 Å². The number of nitrogens with zero attached hydrogens (tertiary/aromatic N) is 1. The molecule has 0 fully saturated rings. The molecule has 0 unspecified atom stereocenters. The standard InChI is InChI=1S/C16H33N3O2/c1-3-5-6-10-13-18-16(17)19-14-11-8-7-9-12-15(20)21-4-2/h3-14H2,1-2H3,(H3,17,18,19). The summed E-state index contributed by atoms with van der Waals surface area (Å²) in [5, 5.41) is 3.14. The molecule has 0 aliphatic rings. The second-order valence-electron chi connectivity index (χ2n) is 5.22. The smallest absolute Gasteiger partial charge is 0.305 e. The minimum Gasteiger partial charge on any atom is -0.466 e. The third-order valence-electron chi connectivity index (χ3n) is 3.21. The highest BCUT2D eigenvalue weighted by molar-refractivity contribution is 5.77. The van der Waals surface area contributed by atoms with Crippen LogP contribution >= 0.6 is 0 Å². The van der Waals surface area contributed by atoms with Crippen LogP contribution in [0.2, 0.25) is 0 Å². The summed E-state index contributed by atoms with van der Waals surface area (Å²) in [5.74, 6) is 0.463. The van der Waals surface area contributed by atoms with E-state index in [2.05, 4.69) is 17.2 Å². The molecule has 0 bridgehead atoms. The van der Waals surface area contributed by atoms with Crippen molar-refractivity contribution in [2.24, 2.45) is 10.7 Å². The Hall–Kier alpha value is -1.26. The summed E-state index contributed by atoms with van der Waals surface area (Å²) >= 11 is 0. The zero-order valence-corrected chi connectivity index (χ0v) is 13.8. The predicted molar refractivity (Wildman–Crippen MR) is 88.4 cm³/mol. The molecule has 0 rings (SSSR count). The number of ether oxygens (including phenoxy) is 1. The van der Waals surface area contributed by atoms with E-state index in [1.165, 1.54) is 19.3 Å². The number of hydrogen-bond donors (Lipinski definition) is 2. The highest BCUT2D eigenvalue weighted by Gasteiger charge is 2.00. The van der Waals surface area contributed by atoms with E-state index < -0.39 is 0 Å². The van der Waals surface area contributed by atoms with Gasteiger partial charge in [0.2, 0.25) is 0 Å². The van der Waals surface area contributed by atoms with Crippen LogP contribution in [0.25, 0.3) is 0 Å². The first-order valence-electron chi connectivity index (χ1n) is 8.40. The van der Waals surface area contributed by atoms with Gasteiger partial charge in [0.15, 0.2) is 5.96 Å². The Morgan fingerprint density at radius 1 is 1.05 bits per heavy atom. The number of carbonyl (C=O) groups is 1. The fourth-order valence-corrected chi connectivity index (χ4v) is 1.99. The maximum Gasteiger partial charge on any atom is 0.305 e. The van der Waals surface area contributed by atoms with Gasteiger partial charge < -0.3 is 15.8 Å². The lowest BCUT2D eigenvalue weighted by molar-refractivity contribution is -0.143. The molecule has 0 atom stereocenters. The Bertz CT molecular complexity index is 281. The summed E-state index contributed by atoms with van der Waals surface area (Å²) in [6, 6.07) is 0. The molecule has 21 heavy (non-hydrogen) atoms. The number of rotatable bonds is 13. The van der Waals surface area contributed by atoms with Gasteiger partial charge in [-0.05, 0) is 26.2 Å². The van der Waals surface area contributed by atoms with Crippen molar-refractivity contribution in [1.29, 1.82) is 0 Å². The number of guanidine groups is 1. The lowest BCUT2D eigenvalue weighted by Gasteiger charge is -2.05. The average Bonchev–Trinajstić information content (AvgIpc) is 2.46. The van der Waals surface area contributed by atoms with Crippen LogP contribution in [0, 0.1) is 0 Å². The minimum absolute atomic E-state index is 0.0907. The predicted octanol–water partition coefficient (Wildman–Crippen LogP) is 2.98. The van der Waals surface area contributed by atoms with Gasteiger partial charge in [-0.25, -0.2) is 0 Å². The molecule has 3 N–H and O–H groups in total. The molecular weight excluding hydrogens is 266 g/mol. The Kier molecular flexibility index (Phi) is 14.2. The van der Waals surface area contributed by atoms with Crippen LogP contribution in [0.5, 0.6) is 0 Å². The third-order valence-corrected chi connectivity index (χ3v) is 3.21. The van der Waals surface area contributed by atoms with Crippen molar-refractivity contribution in [2.75, 3.05) is 19.7 Å². The monoisotopic (exact) mass is 299 g/mol. The molecular formula is C16H33N3O2. The lowest BCUT2D eigenvalue weighted by Crippen LogP contribution is -2.32. The second-order valence-corrected chi connectivity index (χ2v) is 5.22. The first-order chi connectivity index (χ1) is 10.2. The zero-order valence-electron chi connectivity index (χ0n) is 13.8. The van der Waals surface area contributed by atoms with Gasteiger partial charge in [-0.3, -0.25) is 9.79 Å². The molecule has 5 nitrogen and oxygen atoms in total. The quantitative estimate of drug-likeness (QED) is 0.237. The van der Waals surface area contributed by atoms with Crippen LogP contribution in [0.3, 0.4) is 0 Å². The van der Waals surface area contributed by atoms with Gasteiger partial charge in [0.05, 0.1) is 6.61 Å². The van der Waals surface area contributed by atoms with E-state index in [0.29, 0.717) is 19.0 Å². The normalized spacial score (nSPS) is 11.4. The average molecular weight is 299 g/mol. The number of esters is 1. The fourth-order valence-electron chi connectivity index (χ4n) is 1.99. The number of nitrogens with one attached hydrogen (secondary N) is 1. The summed E-state index contributed by atoms with van der Waals surface area (Å²) in [4.78, 5) is 15.4. The summed E-state index contributed by atoms with van der Waals surface area (Å²) < 4.78 is 4.88. The molecule has 0 radical (unpaired) electrons. The molecule has 0 amide bonds. The van der Waals surface area contributed by atoms with Crippen molar-refractivity contribution in [1.82, 2.24) is 5.32 Å². The molecule has 0 aromatic rings. The lowest BCUT2D eigenvalue weighted by atomic mass is 10.1. The minimum atomic E-state index is -0.0907. The number of carbonyl (C=O) groups excluding carboxylic acids is 1. The maximum absolute atomic E-state index is 11.1. The highest BCUT2D eigenvalue weighted by atomic mass is 16.5. The van der Waals surface area contributed by atoms with E-state index >= 15 is 0 Å². The van der Waals surface area contributed by atoms with Crippen LogP contribution < -0.4 is 11.1 Å². The molecule has 0 aliphatic carbocycles. The Morgan fingerprint density at radius 3 is 2.48 bits per heavy atom. The van der Waals surface area contributed by atoms with Crippen molar-refractivity contribution in [3.63, 3.8) is 0 Å². The van der Waals surface area contributed by atoms with Crippen molar-refractivity contribution in [2.45, 2.75) is 71.6 Å². The largest absolute Gasteiger partial charge is 0.466 e. The molecule has 0 spiro atoms. The summed E-state index contributed by atoms with van der Waals surface area (Å²) in [6.07, 6.45) is 9.48. The highest BCUT2D eigenvalue weighted by Crippen LogP contribution is 2.04. The van der Waals surface area contributed by atoms with Crippen molar-refractivity contribution < 1.29 is 9.53 Å². The fraction of sp³-hybridized carbons (Fsp3) is 0.875. The Morgan fingerprint density at radius 2 is 1.76 bits per heavy atom. The van der Waals surface area contributed by atoms with E-state index in [1.807, 2.05) is 6.92 Å². The van der Waals surface area contributed by atoms with E-state index in [9.17, 15) is 4.79 Å². The number of nitrogens with two attached hydrogens (primary N) is 1. The summed E-state index contributed by atoms with van der Waals surface area (Å²) in [5.41, 5.74) is 5.78. The number of aliphatic imine (C=N–C) groups is 1. The number of unbranched alkanes of at least 4 members (excludes halogenated alkanes) is 6. The summed E-state index contributed by atoms with van der Waals surface area (Å²) in [6.45, 7) is 6.18. The van der Waals surface area contributed by atoms with Crippen molar-refractivity contribution >= 4 is 11.9 Å². The first kappa shape index (κ1) is 19.7. The van der Waals surface area contributed by atoms with Crippen LogP contribution in [0.15, 0.2) is 4.99 Å². The topological polar surface area (TPSA) is 76.7 Å². The van der Waals surface area contributed by atoms with Gasteiger partial charge in [-0.2, -0.15) is 0 Å². The molecule has 0 aromatic carbocycles. The van der Waals surface area contributed by atoms with Gasteiger partial charge in [0.25, 0.3) is 0 Å². The van der Waals surface area contributed by atoms with E-state index in [0.717, 1.165) is 45.2 Å². The SMILES string of the molecule is CCCCCCNC(N)=NCCCCCCC(=O)OCC. The molecule has 0 aliphatic heterocycles. The zero-order chi connectivity index (χ0) is 15.8. The van der Waals surface area contributed by atoms with Gasteiger partial charge in [0.1, 0.15) is 0 Å². The molecule has 124 valence electrons. The maximum atomic E-state index is 11.1. The van der Waals surface area contributed by atoms with Crippen molar-refractivity contribution in [3.8, 4) is 0 Å². The van der Waals surface area contributed by atoms with Crippen LogP contribution in [-0.4, -0.2) is 31.6 Å². The van der Waals surface area contributed by atoms with Crippen molar-refractivity contribution in [3.05, 3.63) is 0 Å². The van der Waals surface area contributed by atoms with E-state index in [-0.39, 0.29) is 5.97 Å². The Labute approximate surface area is 129 Å². The van der Waals surface area contributed by atoms with E-state index in [1.54, 1.807) is 0 Å². The number of hydrogen-bond acceptors (Lipinski definition) is 3. The van der Waals surface area contributed by atoms with Crippen LogP contribution in [0.4, 0.5) is 0 Å². The second kappa shape index (κ2) is 15.1. The Balaban J connectivity index is 3.35. The summed E-state index contributed by atoms with van der Waals surface area (Å²) in [7, 11) is 0. The molecule has 0 heterocycles. The third kappa shape index (κ3) is 15.0. The molecule has 5 heteroatoms. The molecule has 0 aromatic heterocycles. The van der Waals surface area contributed by atoms with Gasteiger partial charge >= 0.3 is 5.97 Å². The molecule has 0 saturated heterocycles. The first-order valence-corrected chi connectivity index (χ1v) is 8.40. The van der Waals surface area contributed by atoms with Gasteiger partial charge in [-0.15, -0.1) is 0 Å². The van der Waals surface area contributed by atoms with Gasteiger partial charge in [0, 0.05) is 19.5 Å². The van der Waals surface area contributed by atoms with Gasteiger partial charge in [-0.1, -0.05) is 39.0 Å². The van der Waals surface area contributed by atoms with Crippen LogP contribution in [0.1, 0.15) is 71.6 Å².